The Morgan fingerprint density at radius 1 is 1.22 bits per heavy atom. The van der Waals surface area contributed by atoms with E-state index in [0.717, 1.165) is 12.8 Å². The topological polar surface area (TPSA) is 55.8 Å². The summed E-state index contributed by atoms with van der Waals surface area (Å²) in [4.78, 5) is 27.3. The number of fused-ring (bicyclic) bond motifs is 1. The molecule has 2 aliphatic heterocycles. The fraction of sp³-hybridized carbons (Fsp3) is 0.636. The Morgan fingerprint density at radius 2 is 1.96 bits per heavy atom. The number of ether oxygens (including phenoxy) is 2. The molecule has 0 aromatic heterocycles. The molecule has 0 bridgehead atoms. The normalized spacial score (nSPS) is 22.3. The van der Waals surface area contributed by atoms with E-state index >= 15 is 0 Å². The Labute approximate surface area is 161 Å². The smallest absolute Gasteiger partial charge is 0.222 e. The summed E-state index contributed by atoms with van der Waals surface area (Å²) in [7, 11) is 1.59. The van der Waals surface area contributed by atoms with Crippen molar-refractivity contribution < 1.29 is 19.1 Å². The monoisotopic (exact) mass is 371 g/mol. The zero-order valence-electron chi connectivity index (χ0n) is 16.2. The van der Waals surface area contributed by atoms with E-state index < -0.39 is 5.60 Å². The maximum atomic E-state index is 12.7. The van der Waals surface area contributed by atoms with Crippen molar-refractivity contribution in [2.75, 3.05) is 20.2 Å². The summed E-state index contributed by atoms with van der Waals surface area (Å²) < 4.78 is 11.5. The number of likely N-dealkylation sites (tertiary alicyclic amines) is 1. The molecule has 4 rings (SSSR count). The molecule has 0 radical (unpaired) electrons. The van der Waals surface area contributed by atoms with Crippen molar-refractivity contribution >= 4 is 11.7 Å². The Kier molecular flexibility index (Phi) is 5.11. The number of benzene rings is 1. The lowest BCUT2D eigenvalue weighted by Crippen LogP contribution is -2.52. The van der Waals surface area contributed by atoms with Crippen LogP contribution in [0.2, 0.25) is 0 Å². The van der Waals surface area contributed by atoms with Crippen molar-refractivity contribution in [2.24, 2.45) is 5.92 Å². The summed E-state index contributed by atoms with van der Waals surface area (Å²) in [6.07, 6.45) is 8.76. The van der Waals surface area contributed by atoms with E-state index in [1.165, 1.54) is 32.1 Å². The maximum Gasteiger partial charge on any atom is 0.222 e. The van der Waals surface area contributed by atoms with Gasteiger partial charge in [0.1, 0.15) is 17.1 Å². The first kappa shape index (κ1) is 18.3. The van der Waals surface area contributed by atoms with Crippen molar-refractivity contribution in [2.45, 2.75) is 63.4 Å². The van der Waals surface area contributed by atoms with Crippen LogP contribution >= 0.6 is 0 Å². The number of piperidine rings is 1. The molecule has 5 nitrogen and oxygen atoms in total. The highest BCUT2D eigenvalue weighted by Gasteiger charge is 2.43. The third-order valence-electron chi connectivity index (χ3n) is 6.51. The predicted molar refractivity (Wildman–Crippen MR) is 102 cm³/mol. The van der Waals surface area contributed by atoms with Gasteiger partial charge in [0.05, 0.1) is 19.1 Å². The average molecular weight is 371 g/mol. The summed E-state index contributed by atoms with van der Waals surface area (Å²) >= 11 is 0. The van der Waals surface area contributed by atoms with Crippen LogP contribution in [0.5, 0.6) is 11.5 Å². The van der Waals surface area contributed by atoms with Gasteiger partial charge in [-0.2, -0.15) is 0 Å². The first-order valence-electron chi connectivity index (χ1n) is 10.3. The third-order valence-corrected chi connectivity index (χ3v) is 6.51. The van der Waals surface area contributed by atoms with E-state index in [1.54, 1.807) is 13.2 Å². The van der Waals surface area contributed by atoms with E-state index in [9.17, 15) is 9.59 Å². The zero-order chi connectivity index (χ0) is 18.9. The second-order valence-electron chi connectivity index (χ2n) is 8.34. The van der Waals surface area contributed by atoms with Gasteiger partial charge >= 0.3 is 0 Å². The van der Waals surface area contributed by atoms with Gasteiger partial charge in [-0.25, -0.2) is 0 Å². The van der Waals surface area contributed by atoms with Gasteiger partial charge in [-0.3, -0.25) is 9.59 Å². The van der Waals surface area contributed by atoms with E-state index in [0.29, 0.717) is 48.9 Å². The maximum absolute atomic E-state index is 12.7. The van der Waals surface area contributed by atoms with Crippen LogP contribution in [0.4, 0.5) is 0 Å². The summed E-state index contributed by atoms with van der Waals surface area (Å²) in [5, 5.41) is 0. The lowest BCUT2D eigenvalue weighted by molar-refractivity contribution is -0.136. The number of amides is 1. The minimum Gasteiger partial charge on any atom is -0.497 e. The van der Waals surface area contributed by atoms with Crippen LogP contribution in [0.25, 0.3) is 0 Å². The van der Waals surface area contributed by atoms with Gasteiger partial charge in [0.15, 0.2) is 5.78 Å². The fourth-order valence-corrected chi connectivity index (χ4v) is 4.81. The molecule has 27 heavy (non-hydrogen) atoms. The third kappa shape index (κ3) is 3.83. The van der Waals surface area contributed by atoms with Crippen molar-refractivity contribution in [1.29, 1.82) is 0 Å². The highest BCUT2D eigenvalue weighted by atomic mass is 16.5. The SMILES string of the molecule is COc1ccc2c(c1)C(=O)CC1(CCN(C(=O)CC3CCCCC3)CC1)O2. The second kappa shape index (κ2) is 7.53. The Hall–Kier alpha value is -2.04. The van der Waals surface area contributed by atoms with E-state index in [4.69, 9.17) is 9.47 Å². The number of Topliss-reactive ketones (excluding diaryl/α,β-unsaturated/α-hetero) is 1. The molecule has 1 aromatic rings. The molecular formula is C22H29NO4. The Bertz CT molecular complexity index is 715. The van der Waals surface area contributed by atoms with Crippen LogP contribution in [-0.2, 0) is 4.79 Å². The number of ketones is 1. The minimum absolute atomic E-state index is 0.108. The van der Waals surface area contributed by atoms with Gasteiger partial charge in [0.25, 0.3) is 0 Å². The second-order valence-corrected chi connectivity index (χ2v) is 8.34. The van der Waals surface area contributed by atoms with Gasteiger partial charge in [0, 0.05) is 32.4 Å². The highest BCUT2D eigenvalue weighted by molar-refractivity contribution is 6.00. The molecule has 3 aliphatic rings. The fourth-order valence-electron chi connectivity index (χ4n) is 4.81. The van der Waals surface area contributed by atoms with Crippen molar-refractivity contribution in [1.82, 2.24) is 4.90 Å². The molecule has 2 heterocycles. The van der Waals surface area contributed by atoms with Gasteiger partial charge in [0.2, 0.25) is 5.91 Å². The molecule has 1 saturated carbocycles. The largest absolute Gasteiger partial charge is 0.497 e. The highest BCUT2D eigenvalue weighted by Crippen LogP contribution is 2.40. The first-order chi connectivity index (χ1) is 13.1. The molecule has 0 N–H and O–H groups in total. The van der Waals surface area contributed by atoms with Crippen LogP contribution in [-0.4, -0.2) is 42.4 Å². The Balaban J connectivity index is 1.38. The molecule has 1 amide bonds. The number of carbonyl (C=O) groups is 2. The lowest BCUT2D eigenvalue weighted by Gasteiger charge is -2.44. The number of rotatable bonds is 3. The summed E-state index contributed by atoms with van der Waals surface area (Å²) in [5.74, 6) is 2.27. The molecule has 0 unspecified atom stereocenters. The van der Waals surface area contributed by atoms with Gasteiger partial charge in [-0.1, -0.05) is 19.3 Å². The summed E-state index contributed by atoms with van der Waals surface area (Å²) in [5.41, 5.74) is 0.149. The lowest BCUT2D eigenvalue weighted by atomic mass is 9.82. The molecular weight excluding hydrogens is 342 g/mol. The molecule has 1 saturated heterocycles. The van der Waals surface area contributed by atoms with Crippen molar-refractivity contribution in [3.05, 3.63) is 23.8 Å². The van der Waals surface area contributed by atoms with E-state index in [2.05, 4.69) is 0 Å². The summed E-state index contributed by atoms with van der Waals surface area (Å²) in [6.45, 7) is 1.37. The van der Waals surface area contributed by atoms with Crippen LogP contribution in [0.3, 0.4) is 0 Å². The number of nitrogens with zero attached hydrogens (tertiary/aromatic N) is 1. The van der Waals surface area contributed by atoms with Crippen LogP contribution in [0.15, 0.2) is 18.2 Å². The standard InChI is InChI=1S/C22H29NO4/c1-26-17-7-8-20-18(14-17)19(24)15-22(27-20)9-11-23(12-10-22)21(25)13-16-5-3-2-4-6-16/h7-8,14,16H,2-6,9-13,15H2,1H3. The van der Waals surface area contributed by atoms with Crippen molar-refractivity contribution in [3.8, 4) is 11.5 Å². The quantitative estimate of drug-likeness (QED) is 0.806. The van der Waals surface area contributed by atoms with E-state index in [-0.39, 0.29) is 11.7 Å². The average Bonchev–Trinajstić information content (AvgIpc) is 2.69. The first-order valence-corrected chi connectivity index (χ1v) is 10.3. The molecule has 0 atom stereocenters. The minimum atomic E-state index is -0.458. The molecule has 5 heteroatoms. The number of methoxy groups -OCH3 is 1. The Morgan fingerprint density at radius 3 is 2.67 bits per heavy atom. The summed E-state index contributed by atoms with van der Waals surface area (Å²) in [6, 6.07) is 5.41. The van der Waals surface area contributed by atoms with Crippen LogP contribution in [0, 0.1) is 5.92 Å². The van der Waals surface area contributed by atoms with Crippen LogP contribution in [0.1, 0.15) is 68.1 Å². The zero-order valence-corrected chi connectivity index (χ0v) is 16.2. The van der Waals surface area contributed by atoms with E-state index in [1.807, 2.05) is 17.0 Å². The molecule has 1 spiro atoms. The van der Waals surface area contributed by atoms with Gasteiger partial charge in [-0.05, 0) is 37.0 Å². The molecule has 2 fully saturated rings. The number of hydrogen-bond acceptors (Lipinski definition) is 4. The molecule has 1 aromatic carbocycles. The predicted octanol–water partition coefficient (Wildman–Crippen LogP) is 3.99. The molecule has 146 valence electrons. The van der Waals surface area contributed by atoms with Crippen molar-refractivity contribution in [3.63, 3.8) is 0 Å². The van der Waals surface area contributed by atoms with Crippen LogP contribution < -0.4 is 9.47 Å². The van der Waals surface area contributed by atoms with Gasteiger partial charge < -0.3 is 14.4 Å². The van der Waals surface area contributed by atoms with Gasteiger partial charge in [-0.15, -0.1) is 0 Å². The number of carbonyl (C=O) groups excluding carboxylic acids is 2. The molecule has 1 aliphatic carbocycles. The number of hydrogen-bond donors (Lipinski definition) is 0.